The SMILES string of the molecule is CC(C)(C)NCc1snnc1-c1nccs1. The molecule has 0 bridgehead atoms. The van der Waals surface area contributed by atoms with E-state index >= 15 is 0 Å². The number of thiazole rings is 1. The molecule has 2 aromatic rings. The van der Waals surface area contributed by atoms with Crippen molar-refractivity contribution in [1.82, 2.24) is 19.9 Å². The van der Waals surface area contributed by atoms with Crippen LogP contribution in [0.3, 0.4) is 0 Å². The fourth-order valence-electron chi connectivity index (χ4n) is 1.17. The summed E-state index contributed by atoms with van der Waals surface area (Å²) in [5.74, 6) is 0. The zero-order valence-electron chi connectivity index (χ0n) is 9.52. The van der Waals surface area contributed by atoms with Crippen LogP contribution in [0.1, 0.15) is 25.6 Å². The highest BCUT2D eigenvalue weighted by Crippen LogP contribution is 2.25. The highest BCUT2D eigenvalue weighted by atomic mass is 32.1. The van der Waals surface area contributed by atoms with Gasteiger partial charge in [-0.3, -0.25) is 0 Å². The van der Waals surface area contributed by atoms with Crippen LogP contribution in [0.4, 0.5) is 0 Å². The molecule has 2 heterocycles. The topological polar surface area (TPSA) is 50.7 Å². The Kier molecular flexibility index (Phi) is 3.32. The first-order valence-corrected chi connectivity index (χ1v) is 6.68. The van der Waals surface area contributed by atoms with Crippen LogP contribution in [0.2, 0.25) is 0 Å². The molecule has 4 nitrogen and oxygen atoms in total. The molecule has 0 aliphatic heterocycles. The van der Waals surface area contributed by atoms with Crippen LogP contribution < -0.4 is 5.32 Å². The molecule has 6 heteroatoms. The second-order valence-corrected chi connectivity index (χ2v) is 6.22. The molecular formula is C10H14N4S2. The van der Waals surface area contributed by atoms with Crippen LogP contribution in [0, 0.1) is 0 Å². The lowest BCUT2D eigenvalue weighted by molar-refractivity contribution is 0.426. The normalized spacial score (nSPS) is 11.9. The Balaban J connectivity index is 2.14. The minimum atomic E-state index is 0.101. The van der Waals surface area contributed by atoms with Crippen LogP contribution in [-0.2, 0) is 6.54 Å². The summed E-state index contributed by atoms with van der Waals surface area (Å²) in [6.45, 7) is 7.22. The van der Waals surface area contributed by atoms with Crippen molar-refractivity contribution in [1.29, 1.82) is 0 Å². The van der Waals surface area contributed by atoms with Crippen molar-refractivity contribution in [2.75, 3.05) is 0 Å². The molecule has 0 aromatic carbocycles. The van der Waals surface area contributed by atoms with Gasteiger partial charge in [0.05, 0.1) is 4.88 Å². The molecule has 0 saturated carbocycles. The first-order chi connectivity index (χ1) is 7.56. The van der Waals surface area contributed by atoms with Gasteiger partial charge in [-0.25, -0.2) is 4.98 Å². The minimum absolute atomic E-state index is 0.101. The van der Waals surface area contributed by atoms with Gasteiger partial charge in [0, 0.05) is 23.7 Å². The molecule has 0 unspecified atom stereocenters. The molecule has 0 spiro atoms. The molecule has 86 valence electrons. The molecule has 0 fully saturated rings. The molecule has 1 N–H and O–H groups in total. The first kappa shape index (κ1) is 11.6. The molecule has 0 atom stereocenters. The van der Waals surface area contributed by atoms with Gasteiger partial charge in [-0.1, -0.05) is 4.49 Å². The summed E-state index contributed by atoms with van der Waals surface area (Å²) in [6.07, 6.45) is 1.79. The summed E-state index contributed by atoms with van der Waals surface area (Å²) >= 11 is 3.02. The molecular weight excluding hydrogens is 240 g/mol. The van der Waals surface area contributed by atoms with Crippen molar-refractivity contribution in [2.45, 2.75) is 32.9 Å². The molecule has 2 aromatic heterocycles. The zero-order chi connectivity index (χ0) is 11.6. The largest absolute Gasteiger partial charge is 0.307 e. The number of nitrogens with zero attached hydrogens (tertiary/aromatic N) is 3. The van der Waals surface area contributed by atoms with E-state index in [9.17, 15) is 0 Å². The van der Waals surface area contributed by atoms with Crippen LogP contribution in [-0.4, -0.2) is 20.1 Å². The van der Waals surface area contributed by atoms with Gasteiger partial charge in [-0.05, 0) is 32.3 Å². The van der Waals surface area contributed by atoms with Gasteiger partial charge in [0.2, 0.25) is 0 Å². The Hall–Kier alpha value is -0.850. The average Bonchev–Trinajstić information content (AvgIpc) is 2.84. The Morgan fingerprint density at radius 1 is 1.38 bits per heavy atom. The maximum Gasteiger partial charge on any atom is 0.144 e. The first-order valence-electron chi connectivity index (χ1n) is 5.02. The van der Waals surface area contributed by atoms with Crippen LogP contribution in [0.25, 0.3) is 10.7 Å². The smallest absolute Gasteiger partial charge is 0.144 e. The second-order valence-electron chi connectivity index (χ2n) is 4.49. The summed E-state index contributed by atoms with van der Waals surface area (Å²) in [7, 11) is 0. The summed E-state index contributed by atoms with van der Waals surface area (Å²) in [4.78, 5) is 5.40. The monoisotopic (exact) mass is 254 g/mol. The molecule has 0 aliphatic rings. The highest BCUT2D eigenvalue weighted by Gasteiger charge is 2.15. The number of hydrogen-bond acceptors (Lipinski definition) is 6. The van der Waals surface area contributed by atoms with Gasteiger partial charge < -0.3 is 5.32 Å². The third-order valence-corrected chi connectivity index (χ3v) is 3.47. The average molecular weight is 254 g/mol. The van der Waals surface area contributed by atoms with Crippen molar-refractivity contribution in [3.63, 3.8) is 0 Å². The van der Waals surface area contributed by atoms with Gasteiger partial charge >= 0.3 is 0 Å². The van der Waals surface area contributed by atoms with E-state index < -0.39 is 0 Å². The Morgan fingerprint density at radius 3 is 2.81 bits per heavy atom. The fourth-order valence-corrected chi connectivity index (χ4v) is 2.47. The third kappa shape index (κ3) is 2.84. The van der Waals surface area contributed by atoms with E-state index in [1.807, 2.05) is 5.38 Å². The third-order valence-electron chi connectivity index (χ3n) is 1.97. The molecule has 16 heavy (non-hydrogen) atoms. The Bertz CT molecular complexity index is 442. The summed E-state index contributed by atoms with van der Waals surface area (Å²) in [5.41, 5.74) is 1.01. The van der Waals surface area contributed by atoms with Crippen molar-refractivity contribution in [3.05, 3.63) is 16.5 Å². The molecule has 0 amide bonds. The highest BCUT2D eigenvalue weighted by molar-refractivity contribution is 7.13. The molecule has 0 aliphatic carbocycles. The number of aromatic nitrogens is 3. The van der Waals surface area contributed by atoms with E-state index in [1.54, 1.807) is 17.5 Å². The van der Waals surface area contributed by atoms with Crippen molar-refractivity contribution in [3.8, 4) is 10.7 Å². The van der Waals surface area contributed by atoms with Gasteiger partial charge in [-0.2, -0.15) is 0 Å². The molecule has 0 radical (unpaired) electrons. The number of hydrogen-bond donors (Lipinski definition) is 1. The van der Waals surface area contributed by atoms with E-state index in [0.29, 0.717) is 0 Å². The lowest BCUT2D eigenvalue weighted by atomic mass is 10.1. The standard InChI is InChI=1S/C10H14N4S2/c1-10(2,3)12-6-7-8(13-14-16-7)9-11-4-5-15-9/h4-5,12H,6H2,1-3H3. The Morgan fingerprint density at radius 2 is 2.19 bits per heavy atom. The summed E-state index contributed by atoms with van der Waals surface area (Å²) < 4.78 is 4.00. The van der Waals surface area contributed by atoms with Crippen molar-refractivity contribution in [2.24, 2.45) is 0 Å². The minimum Gasteiger partial charge on any atom is -0.307 e. The second kappa shape index (κ2) is 4.57. The van der Waals surface area contributed by atoms with Crippen LogP contribution in [0.15, 0.2) is 11.6 Å². The number of rotatable bonds is 3. The van der Waals surface area contributed by atoms with Crippen molar-refractivity contribution < 1.29 is 0 Å². The molecule has 2 rings (SSSR count). The summed E-state index contributed by atoms with van der Waals surface area (Å²) in [5, 5.41) is 10.5. The van der Waals surface area contributed by atoms with Crippen molar-refractivity contribution >= 4 is 22.9 Å². The number of nitrogens with one attached hydrogen (secondary N) is 1. The van der Waals surface area contributed by atoms with E-state index in [-0.39, 0.29) is 5.54 Å². The fraction of sp³-hybridized carbons (Fsp3) is 0.500. The van der Waals surface area contributed by atoms with Gasteiger partial charge in [0.25, 0.3) is 0 Å². The predicted octanol–water partition coefficient (Wildman–Crippen LogP) is 2.55. The zero-order valence-corrected chi connectivity index (χ0v) is 11.2. The van der Waals surface area contributed by atoms with Gasteiger partial charge in [-0.15, -0.1) is 16.4 Å². The maximum atomic E-state index is 4.26. The van der Waals surface area contributed by atoms with E-state index in [1.165, 1.54) is 11.5 Å². The van der Waals surface area contributed by atoms with Gasteiger partial charge in [0.15, 0.2) is 0 Å². The summed E-state index contributed by atoms with van der Waals surface area (Å²) in [6, 6.07) is 0. The van der Waals surface area contributed by atoms with Gasteiger partial charge in [0.1, 0.15) is 10.7 Å². The lowest BCUT2D eigenvalue weighted by Crippen LogP contribution is -2.34. The van der Waals surface area contributed by atoms with E-state index in [4.69, 9.17) is 0 Å². The predicted molar refractivity (Wildman–Crippen MR) is 67.6 cm³/mol. The Labute approximate surface area is 103 Å². The quantitative estimate of drug-likeness (QED) is 0.914. The molecule has 0 saturated heterocycles. The van der Waals surface area contributed by atoms with E-state index in [2.05, 4.69) is 40.7 Å². The van der Waals surface area contributed by atoms with E-state index in [0.717, 1.165) is 22.1 Å². The lowest BCUT2D eigenvalue weighted by Gasteiger charge is -2.19. The van der Waals surface area contributed by atoms with Crippen LogP contribution in [0.5, 0.6) is 0 Å². The maximum absolute atomic E-state index is 4.26. The van der Waals surface area contributed by atoms with Crippen LogP contribution >= 0.6 is 22.9 Å².